The zero-order chi connectivity index (χ0) is 11.2. The molecule has 1 heterocycles. The van der Waals surface area contributed by atoms with Crippen molar-refractivity contribution >= 4 is 11.8 Å². The summed E-state index contributed by atoms with van der Waals surface area (Å²) in [5.74, 6) is 10.3. The second kappa shape index (κ2) is 6.87. The lowest BCUT2D eigenvalue weighted by molar-refractivity contribution is 0.230. The summed E-state index contributed by atoms with van der Waals surface area (Å²) in [4.78, 5) is 0. The summed E-state index contributed by atoms with van der Waals surface area (Å²) in [7, 11) is 0. The van der Waals surface area contributed by atoms with Crippen LogP contribution in [0.25, 0.3) is 0 Å². The van der Waals surface area contributed by atoms with Gasteiger partial charge >= 0.3 is 0 Å². The van der Waals surface area contributed by atoms with Crippen molar-refractivity contribution < 1.29 is 0 Å². The van der Waals surface area contributed by atoms with E-state index in [1.165, 1.54) is 62.9 Å². The van der Waals surface area contributed by atoms with Crippen LogP contribution < -0.4 is 11.3 Å². The van der Waals surface area contributed by atoms with E-state index in [-0.39, 0.29) is 0 Å². The van der Waals surface area contributed by atoms with E-state index in [1.807, 2.05) is 0 Å². The molecule has 16 heavy (non-hydrogen) atoms. The number of nitrogens with two attached hydrogens (primary N) is 1. The van der Waals surface area contributed by atoms with Crippen LogP contribution in [0.4, 0.5) is 0 Å². The Balaban J connectivity index is 1.78. The molecule has 1 saturated heterocycles. The molecule has 0 radical (unpaired) electrons. The largest absolute Gasteiger partial charge is 0.271 e. The maximum absolute atomic E-state index is 5.77. The third kappa shape index (κ3) is 3.64. The molecular weight excluding hydrogens is 216 g/mol. The maximum atomic E-state index is 5.77. The van der Waals surface area contributed by atoms with Gasteiger partial charge in [-0.1, -0.05) is 19.3 Å². The van der Waals surface area contributed by atoms with Crippen LogP contribution in [0.1, 0.15) is 51.4 Å². The molecule has 0 amide bonds. The van der Waals surface area contributed by atoms with E-state index < -0.39 is 0 Å². The van der Waals surface area contributed by atoms with Crippen LogP contribution in [-0.2, 0) is 0 Å². The van der Waals surface area contributed by atoms with Gasteiger partial charge in [-0.25, -0.2) is 0 Å². The van der Waals surface area contributed by atoms with Crippen LogP contribution in [0.2, 0.25) is 0 Å². The normalized spacial score (nSPS) is 26.8. The molecule has 2 nitrogen and oxygen atoms in total. The molecule has 94 valence electrons. The SMILES string of the molecule is NNC(CC1CCSCC1)C1CCCCC1. The second-order valence-electron chi connectivity index (χ2n) is 5.46. The number of thioether (sulfide) groups is 1. The lowest BCUT2D eigenvalue weighted by atomic mass is 9.80. The molecular formula is C13H26N2S. The summed E-state index contributed by atoms with van der Waals surface area (Å²) in [6.45, 7) is 0. The number of hydrogen-bond donors (Lipinski definition) is 2. The molecule has 0 aromatic heterocycles. The molecule has 2 rings (SSSR count). The van der Waals surface area contributed by atoms with E-state index in [9.17, 15) is 0 Å². The Morgan fingerprint density at radius 2 is 1.75 bits per heavy atom. The van der Waals surface area contributed by atoms with Crippen molar-refractivity contribution in [1.82, 2.24) is 5.43 Å². The number of hydrogen-bond acceptors (Lipinski definition) is 3. The van der Waals surface area contributed by atoms with Crippen molar-refractivity contribution in [2.24, 2.45) is 17.7 Å². The number of hydrazine groups is 1. The molecule has 3 heteroatoms. The van der Waals surface area contributed by atoms with E-state index in [4.69, 9.17) is 5.84 Å². The zero-order valence-corrected chi connectivity index (χ0v) is 11.1. The van der Waals surface area contributed by atoms with Gasteiger partial charge in [-0.05, 0) is 55.4 Å². The summed E-state index contributed by atoms with van der Waals surface area (Å²) in [5.41, 5.74) is 3.11. The van der Waals surface area contributed by atoms with Crippen LogP contribution in [-0.4, -0.2) is 17.5 Å². The Morgan fingerprint density at radius 3 is 2.38 bits per heavy atom. The van der Waals surface area contributed by atoms with Crippen LogP contribution in [0.3, 0.4) is 0 Å². The topological polar surface area (TPSA) is 38.0 Å². The summed E-state index contributed by atoms with van der Waals surface area (Å²) in [6.07, 6.45) is 11.2. The fourth-order valence-electron chi connectivity index (χ4n) is 3.27. The first kappa shape index (κ1) is 12.7. The van der Waals surface area contributed by atoms with E-state index >= 15 is 0 Å². The third-order valence-corrected chi connectivity index (χ3v) is 5.41. The Hall–Kier alpha value is 0.270. The summed E-state index contributed by atoms with van der Waals surface area (Å²) in [6, 6.07) is 0.591. The van der Waals surface area contributed by atoms with Crippen LogP contribution in [0.5, 0.6) is 0 Å². The molecule has 1 unspecified atom stereocenters. The summed E-state index contributed by atoms with van der Waals surface area (Å²) >= 11 is 2.12. The molecule has 1 aliphatic carbocycles. The van der Waals surface area contributed by atoms with Crippen molar-refractivity contribution in [2.45, 2.75) is 57.4 Å². The number of rotatable bonds is 4. The molecule has 0 spiro atoms. The van der Waals surface area contributed by atoms with Crippen LogP contribution in [0, 0.1) is 11.8 Å². The van der Waals surface area contributed by atoms with Crippen molar-refractivity contribution in [1.29, 1.82) is 0 Å². The van der Waals surface area contributed by atoms with E-state index in [2.05, 4.69) is 17.2 Å². The standard InChI is InChI=1S/C13H26N2S/c14-15-13(12-4-2-1-3-5-12)10-11-6-8-16-9-7-11/h11-13,15H,1-10,14H2. The van der Waals surface area contributed by atoms with Crippen LogP contribution >= 0.6 is 11.8 Å². The lowest BCUT2D eigenvalue weighted by Crippen LogP contribution is -2.43. The Labute approximate surface area is 104 Å². The highest BCUT2D eigenvalue weighted by molar-refractivity contribution is 7.99. The molecule has 0 aromatic rings. The van der Waals surface area contributed by atoms with E-state index in [0.29, 0.717) is 6.04 Å². The highest BCUT2D eigenvalue weighted by Gasteiger charge is 2.26. The lowest BCUT2D eigenvalue weighted by Gasteiger charge is -2.33. The summed E-state index contributed by atoms with van der Waals surface area (Å²) in [5, 5.41) is 0. The van der Waals surface area contributed by atoms with E-state index in [0.717, 1.165) is 11.8 Å². The van der Waals surface area contributed by atoms with Gasteiger partial charge in [0.05, 0.1) is 0 Å². The number of nitrogens with one attached hydrogen (secondary N) is 1. The molecule has 0 bridgehead atoms. The average molecular weight is 242 g/mol. The van der Waals surface area contributed by atoms with Gasteiger partial charge < -0.3 is 0 Å². The predicted octanol–water partition coefficient (Wildman–Crippen LogP) is 2.93. The van der Waals surface area contributed by atoms with Gasteiger partial charge in [-0.3, -0.25) is 11.3 Å². The highest BCUT2D eigenvalue weighted by Crippen LogP contribution is 2.32. The maximum Gasteiger partial charge on any atom is 0.0241 e. The second-order valence-corrected chi connectivity index (χ2v) is 6.69. The first-order valence-corrected chi connectivity index (χ1v) is 8.09. The van der Waals surface area contributed by atoms with Gasteiger partial charge in [0.15, 0.2) is 0 Å². The van der Waals surface area contributed by atoms with Gasteiger partial charge in [0.25, 0.3) is 0 Å². The summed E-state index contributed by atoms with van der Waals surface area (Å²) < 4.78 is 0. The fraction of sp³-hybridized carbons (Fsp3) is 1.00. The Morgan fingerprint density at radius 1 is 1.06 bits per heavy atom. The molecule has 1 atom stereocenters. The van der Waals surface area contributed by atoms with Gasteiger partial charge in [-0.15, -0.1) is 0 Å². The molecule has 1 saturated carbocycles. The Kier molecular flexibility index (Phi) is 5.46. The van der Waals surface area contributed by atoms with Gasteiger partial charge in [-0.2, -0.15) is 11.8 Å². The van der Waals surface area contributed by atoms with E-state index in [1.54, 1.807) is 0 Å². The average Bonchev–Trinajstić information content (AvgIpc) is 2.38. The predicted molar refractivity (Wildman–Crippen MR) is 72.4 cm³/mol. The van der Waals surface area contributed by atoms with Crippen molar-refractivity contribution in [3.63, 3.8) is 0 Å². The first-order chi connectivity index (χ1) is 7.90. The fourth-order valence-corrected chi connectivity index (χ4v) is 4.48. The van der Waals surface area contributed by atoms with Gasteiger partial charge in [0, 0.05) is 6.04 Å². The molecule has 2 fully saturated rings. The molecule has 1 aliphatic heterocycles. The third-order valence-electron chi connectivity index (χ3n) is 4.36. The minimum Gasteiger partial charge on any atom is -0.271 e. The Bertz CT molecular complexity index is 186. The molecule has 0 aromatic carbocycles. The highest BCUT2D eigenvalue weighted by atomic mass is 32.2. The quantitative estimate of drug-likeness (QED) is 0.588. The van der Waals surface area contributed by atoms with Crippen molar-refractivity contribution in [3.05, 3.63) is 0 Å². The van der Waals surface area contributed by atoms with Gasteiger partial charge in [0.1, 0.15) is 0 Å². The minimum atomic E-state index is 0.591. The van der Waals surface area contributed by atoms with Crippen molar-refractivity contribution in [3.8, 4) is 0 Å². The minimum absolute atomic E-state index is 0.591. The monoisotopic (exact) mass is 242 g/mol. The smallest absolute Gasteiger partial charge is 0.0241 e. The van der Waals surface area contributed by atoms with Gasteiger partial charge in [0.2, 0.25) is 0 Å². The van der Waals surface area contributed by atoms with Crippen molar-refractivity contribution in [2.75, 3.05) is 11.5 Å². The zero-order valence-electron chi connectivity index (χ0n) is 10.3. The first-order valence-electron chi connectivity index (χ1n) is 6.94. The molecule has 3 N–H and O–H groups in total. The molecule has 2 aliphatic rings. The van der Waals surface area contributed by atoms with Crippen LogP contribution in [0.15, 0.2) is 0 Å².